The molecule has 0 spiro atoms. The first-order valence-corrected chi connectivity index (χ1v) is 10.3. The maximum absolute atomic E-state index is 6.19. The Bertz CT molecular complexity index is 491. The van der Waals surface area contributed by atoms with E-state index in [-0.39, 0.29) is 0 Å². The molecule has 20 heavy (non-hydrogen) atoms. The van der Waals surface area contributed by atoms with Gasteiger partial charge in [0, 0.05) is 10.9 Å². The van der Waals surface area contributed by atoms with E-state index in [0.29, 0.717) is 11.3 Å². The lowest BCUT2D eigenvalue weighted by Crippen LogP contribution is -2.12. The normalized spacial score (nSPS) is 13.6. The highest BCUT2D eigenvalue weighted by atomic mass is 32.4. The maximum atomic E-state index is 6.19. The van der Waals surface area contributed by atoms with E-state index >= 15 is 0 Å². The van der Waals surface area contributed by atoms with Crippen LogP contribution in [0.5, 0.6) is 0 Å². The van der Waals surface area contributed by atoms with Crippen LogP contribution in [-0.4, -0.2) is 18.4 Å². The fourth-order valence-electron chi connectivity index (χ4n) is 2.78. The van der Waals surface area contributed by atoms with Crippen LogP contribution in [0.4, 0.5) is 0 Å². The third kappa shape index (κ3) is 3.35. The molecule has 0 unspecified atom stereocenters. The van der Waals surface area contributed by atoms with Crippen molar-refractivity contribution in [2.24, 2.45) is 0 Å². The second kappa shape index (κ2) is 7.43. The van der Waals surface area contributed by atoms with Gasteiger partial charge in [-0.3, -0.25) is 0 Å². The van der Waals surface area contributed by atoms with Gasteiger partial charge < -0.3 is 4.74 Å². The Hall–Kier alpha value is -0.590. The van der Waals surface area contributed by atoms with Gasteiger partial charge >= 0.3 is 0 Å². The molecule has 0 aromatic heterocycles. The molecule has 1 rings (SSSR count). The quantitative estimate of drug-likeness (QED) is 0.492. The highest BCUT2D eigenvalue weighted by molar-refractivity contribution is 8.17. The third-order valence-corrected chi connectivity index (χ3v) is 11.4. The van der Waals surface area contributed by atoms with Crippen LogP contribution in [0, 0.1) is 0 Å². The average Bonchev–Trinajstić information content (AvgIpc) is 2.44. The summed E-state index contributed by atoms with van der Waals surface area (Å²) in [6.07, 6.45) is 0.964. The first-order valence-electron chi connectivity index (χ1n) is 7.32. The van der Waals surface area contributed by atoms with E-state index in [1.807, 2.05) is 6.07 Å². The molecule has 0 saturated carbocycles. The molecule has 0 aliphatic carbocycles. The van der Waals surface area contributed by atoms with Crippen molar-refractivity contribution in [3.63, 3.8) is 0 Å². The number of ether oxygens (including phenoxy) is 1. The van der Waals surface area contributed by atoms with Crippen LogP contribution in [0.15, 0.2) is 35.6 Å². The number of methoxy groups -OCH3 is 1. The summed E-state index contributed by atoms with van der Waals surface area (Å²) in [5, 5.41) is 1.35. The van der Waals surface area contributed by atoms with Crippen LogP contribution >= 0.6 is 6.04 Å². The largest absolute Gasteiger partial charge is 0.496 e. The summed E-state index contributed by atoms with van der Waals surface area (Å²) in [6, 6.07) is 8.72. The molecule has 0 radical (unpaired) electrons. The second-order valence-corrected chi connectivity index (χ2v) is 11.4. The Morgan fingerprint density at radius 3 is 1.95 bits per heavy atom. The molecule has 0 aliphatic rings. The molecule has 112 valence electrons. The van der Waals surface area contributed by atoms with Crippen molar-refractivity contribution in [3.8, 4) is 0 Å². The molecule has 0 aliphatic heterocycles. The molecule has 1 aromatic carbocycles. The monoisotopic (exact) mass is 310 g/mol. The van der Waals surface area contributed by atoms with E-state index in [9.17, 15) is 0 Å². The summed E-state index contributed by atoms with van der Waals surface area (Å²) >= 11 is 6.19. The first-order chi connectivity index (χ1) is 9.39. The predicted octanol–water partition coefficient (Wildman–Crippen LogP) is 5.71. The lowest BCUT2D eigenvalue weighted by Gasteiger charge is -2.34. The van der Waals surface area contributed by atoms with E-state index in [1.54, 1.807) is 7.11 Å². The van der Waals surface area contributed by atoms with E-state index in [4.69, 9.17) is 16.5 Å². The van der Waals surface area contributed by atoms with Gasteiger partial charge in [-0.25, -0.2) is 0 Å². The molecule has 0 atom stereocenters. The maximum Gasteiger partial charge on any atom is 0.130 e. The zero-order chi connectivity index (χ0) is 15.3. The van der Waals surface area contributed by atoms with Crippen molar-refractivity contribution < 1.29 is 4.74 Å². The number of hydrogen-bond donors (Lipinski definition) is 0. The van der Waals surface area contributed by atoms with Crippen LogP contribution in [0.2, 0.25) is 0 Å². The summed E-state index contributed by atoms with van der Waals surface area (Å²) in [4.78, 5) is 0. The highest BCUT2D eigenvalue weighted by Gasteiger charge is 2.31. The van der Waals surface area contributed by atoms with Gasteiger partial charge in [0.25, 0.3) is 0 Å². The van der Waals surface area contributed by atoms with Gasteiger partial charge in [-0.05, 0) is 23.8 Å². The zero-order valence-corrected chi connectivity index (χ0v) is 15.2. The van der Waals surface area contributed by atoms with E-state index in [2.05, 4.69) is 58.9 Å². The minimum absolute atomic E-state index is 0.501. The van der Waals surface area contributed by atoms with Gasteiger partial charge in [0.1, 0.15) is 5.76 Å². The minimum atomic E-state index is -1.62. The first kappa shape index (κ1) is 17.5. The van der Waals surface area contributed by atoms with Crippen molar-refractivity contribution in [3.05, 3.63) is 41.2 Å². The Morgan fingerprint density at radius 1 is 1.10 bits per heavy atom. The van der Waals surface area contributed by atoms with Crippen molar-refractivity contribution in [2.45, 2.75) is 52.4 Å². The fraction of sp³-hybridized carbons (Fsp3) is 0.529. The van der Waals surface area contributed by atoms with Gasteiger partial charge in [-0.2, -0.15) is 0 Å². The predicted molar refractivity (Wildman–Crippen MR) is 95.2 cm³/mol. The van der Waals surface area contributed by atoms with Crippen molar-refractivity contribution in [2.75, 3.05) is 7.11 Å². The van der Waals surface area contributed by atoms with Gasteiger partial charge in [-0.15, -0.1) is 0 Å². The van der Waals surface area contributed by atoms with Gasteiger partial charge in [0.2, 0.25) is 0 Å². The molecule has 0 N–H and O–H groups in total. The molecule has 3 heteroatoms. The fourth-order valence-corrected chi connectivity index (χ4v) is 6.89. The summed E-state index contributed by atoms with van der Waals surface area (Å²) in [6.45, 7) is 11.2. The second-order valence-electron chi connectivity index (χ2n) is 5.60. The van der Waals surface area contributed by atoms with Crippen LogP contribution in [0.3, 0.4) is 0 Å². The van der Waals surface area contributed by atoms with Gasteiger partial charge in [0.05, 0.1) is 7.11 Å². The van der Waals surface area contributed by atoms with Crippen LogP contribution < -0.4 is 0 Å². The number of allylic oxidation sites excluding steroid dienone is 1. The number of hydrogen-bond acceptors (Lipinski definition) is 2. The SMILES string of the molecule is CC/C(=C(/OC)c1ccccc1)P(=S)(C(C)C)C(C)C. The van der Waals surface area contributed by atoms with E-state index in [0.717, 1.165) is 17.7 Å². The molecule has 1 nitrogen and oxygen atoms in total. The van der Waals surface area contributed by atoms with E-state index in [1.165, 1.54) is 5.31 Å². The molecule has 0 heterocycles. The van der Waals surface area contributed by atoms with Gasteiger partial charge in [-0.1, -0.05) is 76.8 Å². The lowest BCUT2D eigenvalue weighted by atomic mass is 10.1. The molecule has 0 bridgehead atoms. The Labute approximate surface area is 129 Å². The van der Waals surface area contributed by atoms with Crippen molar-refractivity contribution >= 4 is 23.6 Å². The Morgan fingerprint density at radius 2 is 1.60 bits per heavy atom. The molecule has 0 fully saturated rings. The minimum Gasteiger partial charge on any atom is -0.496 e. The number of rotatable bonds is 6. The zero-order valence-electron chi connectivity index (χ0n) is 13.5. The van der Waals surface area contributed by atoms with Crippen molar-refractivity contribution in [1.29, 1.82) is 0 Å². The molecule has 0 saturated heterocycles. The van der Waals surface area contributed by atoms with Crippen LogP contribution in [0.1, 0.15) is 46.6 Å². The molecule has 1 aromatic rings. The summed E-state index contributed by atoms with van der Waals surface area (Å²) in [7, 11) is 1.76. The van der Waals surface area contributed by atoms with E-state index < -0.39 is 6.04 Å². The lowest BCUT2D eigenvalue weighted by molar-refractivity contribution is 0.368. The topological polar surface area (TPSA) is 9.23 Å². The van der Waals surface area contributed by atoms with Crippen LogP contribution in [-0.2, 0) is 16.5 Å². The summed E-state index contributed by atoms with van der Waals surface area (Å²) in [5.74, 6) is 0.999. The third-order valence-electron chi connectivity index (χ3n) is 3.79. The summed E-state index contributed by atoms with van der Waals surface area (Å²) < 4.78 is 5.78. The Kier molecular flexibility index (Phi) is 6.48. The molecular formula is C17H27OPS. The van der Waals surface area contributed by atoms with Crippen LogP contribution in [0.25, 0.3) is 5.76 Å². The summed E-state index contributed by atoms with van der Waals surface area (Å²) in [5.41, 5.74) is 2.14. The van der Waals surface area contributed by atoms with Gasteiger partial charge in [0.15, 0.2) is 0 Å². The average molecular weight is 310 g/mol. The smallest absolute Gasteiger partial charge is 0.130 e. The number of benzene rings is 1. The van der Waals surface area contributed by atoms with Crippen molar-refractivity contribution in [1.82, 2.24) is 0 Å². The molecular weight excluding hydrogens is 283 g/mol. The Balaban J connectivity index is 3.54. The molecule has 0 amide bonds. The standard InChI is InChI=1S/C17H27OPS/c1-7-16(19(20,13(2)3)14(4)5)17(18-6)15-11-9-8-10-12-15/h8-14H,7H2,1-6H3/b17-16-. The highest BCUT2D eigenvalue weighted by Crippen LogP contribution is 2.64.